The number of aryl methyl sites for hydroxylation is 1. The Morgan fingerprint density at radius 3 is 2.74 bits per heavy atom. The van der Waals surface area contributed by atoms with Crippen LogP contribution < -0.4 is 10.6 Å². The lowest BCUT2D eigenvalue weighted by Crippen LogP contribution is -2.58. The van der Waals surface area contributed by atoms with E-state index in [-0.39, 0.29) is 17.6 Å². The second-order valence-electron chi connectivity index (χ2n) is 11.1. The van der Waals surface area contributed by atoms with Crippen LogP contribution in [0.15, 0.2) is 63.6 Å². The molecule has 2 atom stereocenters. The SMILES string of the molecule is CC[C@]1(c2cccc(-c3cc(C4CCCC4)nn3C)c2)C2=CN=NC2NC2=C1C(=O)NC(C)(C)C2. The van der Waals surface area contributed by atoms with E-state index in [2.05, 4.69) is 72.0 Å². The minimum atomic E-state index is -0.585. The molecule has 7 nitrogen and oxygen atoms in total. The molecule has 35 heavy (non-hydrogen) atoms. The van der Waals surface area contributed by atoms with Crippen LogP contribution in [0.5, 0.6) is 0 Å². The maximum atomic E-state index is 13.6. The Hall–Kier alpha value is -3.22. The second-order valence-corrected chi connectivity index (χ2v) is 11.1. The van der Waals surface area contributed by atoms with E-state index in [9.17, 15) is 4.79 Å². The standard InChI is InChI=1S/C28H34N6O/c1-5-28(20-16-29-32-25(20)30-22-15-27(2,3)31-26(35)24(22)28)19-12-8-11-18(13-19)23-14-21(33-34(23)4)17-9-6-7-10-17/h8,11-14,16-17,25,30H,5-7,9-10,15H2,1-4H3,(H,31,35)/t25?,28-/m0/s1. The van der Waals surface area contributed by atoms with Gasteiger partial charge in [-0.15, -0.1) is 0 Å². The summed E-state index contributed by atoms with van der Waals surface area (Å²) >= 11 is 0. The highest BCUT2D eigenvalue weighted by atomic mass is 16.2. The summed E-state index contributed by atoms with van der Waals surface area (Å²) in [5, 5.41) is 20.4. The molecule has 2 N–H and O–H groups in total. The summed E-state index contributed by atoms with van der Waals surface area (Å²) in [6.07, 6.45) is 8.15. The summed E-state index contributed by atoms with van der Waals surface area (Å²) in [5.74, 6) is 0.561. The first-order valence-electron chi connectivity index (χ1n) is 12.9. The Bertz CT molecular complexity index is 1290. The largest absolute Gasteiger partial charge is 0.362 e. The molecule has 4 heterocycles. The van der Waals surface area contributed by atoms with Gasteiger partial charge in [0, 0.05) is 41.8 Å². The monoisotopic (exact) mass is 470 g/mol. The first kappa shape index (κ1) is 22.3. The van der Waals surface area contributed by atoms with Crippen molar-refractivity contribution in [3.8, 4) is 11.3 Å². The minimum absolute atomic E-state index is 0.00805. The van der Waals surface area contributed by atoms with Crippen molar-refractivity contribution < 1.29 is 4.79 Å². The number of benzene rings is 1. The lowest BCUT2D eigenvalue weighted by Gasteiger charge is -2.48. The average Bonchev–Trinajstić information content (AvgIpc) is 3.57. The first-order chi connectivity index (χ1) is 16.8. The number of fused-ring (bicyclic) bond motifs is 1. The molecule has 0 radical (unpaired) electrons. The molecule has 1 unspecified atom stereocenters. The van der Waals surface area contributed by atoms with Crippen LogP contribution in [0.3, 0.4) is 0 Å². The molecule has 0 saturated heterocycles. The summed E-state index contributed by atoms with van der Waals surface area (Å²) in [6.45, 7) is 6.29. The Kier molecular flexibility index (Phi) is 5.02. The smallest absolute Gasteiger partial charge is 0.250 e. The number of nitrogens with one attached hydrogen (secondary N) is 2. The van der Waals surface area contributed by atoms with Crippen molar-refractivity contribution in [2.24, 2.45) is 17.3 Å². The molecule has 7 heteroatoms. The van der Waals surface area contributed by atoms with Gasteiger partial charge in [0.15, 0.2) is 6.17 Å². The molecule has 1 aliphatic carbocycles. The topological polar surface area (TPSA) is 83.7 Å². The molecule has 1 amide bonds. The Morgan fingerprint density at radius 1 is 1.17 bits per heavy atom. The van der Waals surface area contributed by atoms with Gasteiger partial charge in [-0.2, -0.15) is 15.3 Å². The number of carbonyl (C=O) groups excluding carboxylic acids is 1. The Balaban J connectivity index is 1.50. The number of rotatable bonds is 4. The van der Waals surface area contributed by atoms with Crippen LogP contribution >= 0.6 is 0 Å². The van der Waals surface area contributed by atoms with Gasteiger partial charge in [-0.1, -0.05) is 38.0 Å². The van der Waals surface area contributed by atoms with E-state index in [1.54, 1.807) is 0 Å². The van der Waals surface area contributed by atoms with E-state index < -0.39 is 5.41 Å². The molecule has 1 aromatic carbocycles. The summed E-state index contributed by atoms with van der Waals surface area (Å²) in [4.78, 5) is 13.6. The number of nitrogens with zero attached hydrogens (tertiary/aromatic N) is 4. The zero-order chi connectivity index (χ0) is 24.4. The number of carbonyl (C=O) groups is 1. The fraction of sp³-hybridized carbons (Fsp3) is 0.500. The van der Waals surface area contributed by atoms with E-state index in [0.29, 0.717) is 5.92 Å². The zero-order valence-corrected chi connectivity index (χ0v) is 21.1. The van der Waals surface area contributed by atoms with Crippen molar-refractivity contribution in [1.82, 2.24) is 20.4 Å². The maximum Gasteiger partial charge on any atom is 0.250 e. The number of hydrogen-bond acceptors (Lipinski definition) is 5. The fourth-order valence-corrected chi connectivity index (χ4v) is 6.73. The third-order valence-electron chi connectivity index (χ3n) is 8.36. The zero-order valence-electron chi connectivity index (χ0n) is 21.1. The third-order valence-corrected chi connectivity index (χ3v) is 8.36. The van der Waals surface area contributed by atoms with Gasteiger partial charge in [-0.3, -0.25) is 9.48 Å². The van der Waals surface area contributed by atoms with Gasteiger partial charge in [0.05, 0.1) is 28.6 Å². The van der Waals surface area contributed by atoms with Gasteiger partial charge in [-0.25, -0.2) is 0 Å². The molecule has 1 fully saturated rings. The van der Waals surface area contributed by atoms with Crippen LogP contribution in [0.4, 0.5) is 0 Å². The minimum Gasteiger partial charge on any atom is -0.362 e. The lowest BCUT2D eigenvalue weighted by atomic mass is 9.62. The van der Waals surface area contributed by atoms with Gasteiger partial charge in [0.1, 0.15) is 0 Å². The Labute approximate surface area is 206 Å². The quantitative estimate of drug-likeness (QED) is 0.642. The van der Waals surface area contributed by atoms with Crippen molar-refractivity contribution in [2.75, 3.05) is 0 Å². The van der Waals surface area contributed by atoms with Crippen LogP contribution in [0.2, 0.25) is 0 Å². The predicted octanol–water partition coefficient (Wildman–Crippen LogP) is 5.22. The third kappa shape index (κ3) is 3.39. The molecule has 3 aliphatic heterocycles. The molecular formula is C28H34N6O. The van der Waals surface area contributed by atoms with Crippen molar-refractivity contribution in [1.29, 1.82) is 0 Å². The van der Waals surface area contributed by atoms with E-state index >= 15 is 0 Å². The molecule has 0 spiro atoms. The fourth-order valence-electron chi connectivity index (χ4n) is 6.73. The highest BCUT2D eigenvalue weighted by Gasteiger charge is 2.53. The molecule has 182 valence electrons. The van der Waals surface area contributed by atoms with Crippen LogP contribution in [-0.2, 0) is 17.3 Å². The molecular weight excluding hydrogens is 436 g/mol. The number of amides is 1. The predicted molar refractivity (Wildman–Crippen MR) is 136 cm³/mol. The van der Waals surface area contributed by atoms with Crippen LogP contribution in [0, 0.1) is 0 Å². The lowest BCUT2D eigenvalue weighted by molar-refractivity contribution is -0.120. The molecule has 1 aromatic heterocycles. The van der Waals surface area contributed by atoms with Crippen molar-refractivity contribution >= 4 is 5.91 Å². The summed E-state index contributed by atoms with van der Waals surface area (Å²) in [7, 11) is 2.03. The highest BCUT2D eigenvalue weighted by molar-refractivity contribution is 6.00. The molecule has 0 bridgehead atoms. The van der Waals surface area contributed by atoms with Gasteiger partial charge in [0.2, 0.25) is 0 Å². The van der Waals surface area contributed by atoms with Gasteiger partial charge < -0.3 is 10.6 Å². The van der Waals surface area contributed by atoms with Crippen molar-refractivity contribution in [3.63, 3.8) is 0 Å². The molecule has 2 aromatic rings. The second kappa shape index (κ2) is 7.90. The van der Waals surface area contributed by atoms with E-state index in [4.69, 9.17) is 5.10 Å². The average molecular weight is 471 g/mol. The van der Waals surface area contributed by atoms with E-state index in [0.717, 1.165) is 46.5 Å². The summed E-state index contributed by atoms with van der Waals surface area (Å²) in [6, 6.07) is 10.9. The highest BCUT2D eigenvalue weighted by Crippen LogP contribution is 2.51. The van der Waals surface area contributed by atoms with E-state index in [1.165, 1.54) is 31.4 Å². The van der Waals surface area contributed by atoms with Gasteiger partial charge >= 0.3 is 0 Å². The molecule has 6 rings (SSSR count). The molecule has 4 aliphatic rings. The number of aromatic nitrogens is 2. The summed E-state index contributed by atoms with van der Waals surface area (Å²) < 4.78 is 2.01. The van der Waals surface area contributed by atoms with Crippen LogP contribution in [-0.4, -0.2) is 27.4 Å². The van der Waals surface area contributed by atoms with Crippen LogP contribution in [0.1, 0.15) is 76.5 Å². The summed E-state index contributed by atoms with van der Waals surface area (Å²) in [5.41, 5.74) is 6.48. The normalized spacial score (nSPS) is 27.4. The maximum absolute atomic E-state index is 13.6. The van der Waals surface area contributed by atoms with Crippen molar-refractivity contribution in [2.45, 2.75) is 82.3 Å². The van der Waals surface area contributed by atoms with Crippen LogP contribution in [0.25, 0.3) is 11.3 Å². The van der Waals surface area contributed by atoms with Gasteiger partial charge in [0.25, 0.3) is 5.91 Å². The number of hydrogen-bond donors (Lipinski definition) is 2. The van der Waals surface area contributed by atoms with Crippen molar-refractivity contribution in [3.05, 3.63) is 64.6 Å². The first-order valence-corrected chi connectivity index (χ1v) is 12.9. The van der Waals surface area contributed by atoms with Gasteiger partial charge in [-0.05, 0) is 50.8 Å². The number of azo groups is 1. The molecule has 1 saturated carbocycles. The Morgan fingerprint density at radius 2 is 1.97 bits per heavy atom. The van der Waals surface area contributed by atoms with E-state index in [1.807, 2.05) is 17.9 Å².